The van der Waals surface area contributed by atoms with Gasteiger partial charge in [-0.25, -0.2) is 0 Å². The summed E-state index contributed by atoms with van der Waals surface area (Å²) in [5, 5.41) is 17.1. The lowest BCUT2D eigenvalue weighted by atomic mass is 9.86. The SMILES string of the molecule is CCC1OCCC1c1nnc(CC(C)(C)CC(=O)O)o1. The van der Waals surface area contributed by atoms with Gasteiger partial charge in [-0.1, -0.05) is 20.8 Å². The van der Waals surface area contributed by atoms with Gasteiger partial charge in [-0.05, 0) is 18.3 Å². The minimum absolute atomic E-state index is 0.0782. The first kappa shape index (κ1) is 15.0. The average molecular weight is 282 g/mol. The lowest BCUT2D eigenvalue weighted by Crippen LogP contribution is -2.19. The van der Waals surface area contributed by atoms with Crippen LogP contribution in [0.2, 0.25) is 0 Å². The Balaban J connectivity index is 2.04. The van der Waals surface area contributed by atoms with E-state index in [2.05, 4.69) is 17.1 Å². The van der Waals surface area contributed by atoms with E-state index in [9.17, 15) is 4.79 Å². The Kier molecular flexibility index (Phi) is 4.42. The van der Waals surface area contributed by atoms with Crippen molar-refractivity contribution in [1.82, 2.24) is 10.2 Å². The molecule has 0 saturated carbocycles. The Labute approximate surface area is 118 Å². The molecule has 20 heavy (non-hydrogen) atoms. The minimum Gasteiger partial charge on any atom is -0.481 e. The summed E-state index contributed by atoms with van der Waals surface area (Å²) in [6, 6.07) is 0. The summed E-state index contributed by atoms with van der Waals surface area (Å²) in [7, 11) is 0. The predicted octanol–water partition coefficient (Wildman–Crippen LogP) is 2.40. The zero-order valence-corrected chi connectivity index (χ0v) is 12.3. The Morgan fingerprint density at radius 3 is 2.85 bits per heavy atom. The maximum Gasteiger partial charge on any atom is 0.303 e. The Morgan fingerprint density at radius 2 is 2.20 bits per heavy atom. The van der Waals surface area contributed by atoms with E-state index in [0.29, 0.717) is 18.2 Å². The zero-order valence-electron chi connectivity index (χ0n) is 12.3. The molecule has 1 fully saturated rings. The number of hydrogen-bond donors (Lipinski definition) is 1. The molecule has 6 heteroatoms. The van der Waals surface area contributed by atoms with Crippen molar-refractivity contribution >= 4 is 5.97 Å². The highest BCUT2D eigenvalue weighted by Gasteiger charge is 2.33. The quantitative estimate of drug-likeness (QED) is 0.862. The van der Waals surface area contributed by atoms with Crippen molar-refractivity contribution in [2.24, 2.45) is 5.41 Å². The Morgan fingerprint density at radius 1 is 1.45 bits per heavy atom. The molecule has 1 saturated heterocycles. The monoisotopic (exact) mass is 282 g/mol. The fourth-order valence-corrected chi connectivity index (χ4v) is 2.70. The van der Waals surface area contributed by atoms with Crippen molar-refractivity contribution in [2.75, 3.05) is 6.61 Å². The number of aliphatic carboxylic acids is 1. The Hall–Kier alpha value is -1.43. The Bertz CT molecular complexity index is 469. The van der Waals surface area contributed by atoms with Crippen LogP contribution >= 0.6 is 0 Å². The molecule has 1 N–H and O–H groups in total. The molecule has 2 rings (SSSR count). The fraction of sp³-hybridized carbons (Fsp3) is 0.786. The van der Waals surface area contributed by atoms with Crippen molar-refractivity contribution in [3.8, 4) is 0 Å². The third-order valence-electron chi connectivity index (χ3n) is 3.67. The van der Waals surface area contributed by atoms with E-state index in [1.54, 1.807) is 0 Å². The molecule has 1 aliphatic rings. The number of carboxylic acids is 1. The summed E-state index contributed by atoms with van der Waals surface area (Å²) < 4.78 is 11.3. The van der Waals surface area contributed by atoms with Crippen LogP contribution in [-0.4, -0.2) is 34.0 Å². The second kappa shape index (κ2) is 5.91. The van der Waals surface area contributed by atoms with Gasteiger partial charge in [0.05, 0.1) is 18.4 Å². The van der Waals surface area contributed by atoms with Crippen LogP contribution in [0, 0.1) is 5.41 Å². The second-order valence-electron chi connectivity index (χ2n) is 6.16. The highest BCUT2D eigenvalue weighted by atomic mass is 16.5. The standard InChI is InChI=1S/C14H22N2O4/c1-4-10-9(5-6-19-10)13-16-15-11(20-13)7-14(2,3)8-12(17)18/h9-10H,4-8H2,1-3H3,(H,17,18). The van der Waals surface area contributed by atoms with Gasteiger partial charge in [-0.2, -0.15) is 0 Å². The molecule has 0 aliphatic carbocycles. The largest absolute Gasteiger partial charge is 0.481 e. The van der Waals surface area contributed by atoms with Crippen LogP contribution in [0.15, 0.2) is 4.42 Å². The van der Waals surface area contributed by atoms with Crippen LogP contribution in [0.1, 0.15) is 57.7 Å². The van der Waals surface area contributed by atoms with Crippen molar-refractivity contribution in [1.29, 1.82) is 0 Å². The first-order valence-corrected chi connectivity index (χ1v) is 7.07. The normalized spacial score (nSPS) is 23.1. The minimum atomic E-state index is -0.815. The van der Waals surface area contributed by atoms with Crippen LogP contribution in [0.3, 0.4) is 0 Å². The van der Waals surface area contributed by atoms with Gasteiger partial charge in [0.25, 0.3) is 0 Å². The van der Waals surface area contributed by atoms with Gasteiger partial charge in [0.2, 0.25) is 11.8 Å². The molecule has 2 heterocycles. The zero-order chi connectivity index (χ0) is 14.8. The number of rotatable bonds is 6. The smallest absolute Gasteiger partial charge is 0.303 e. The topological polar surface area (TPSA) is 85.5 Å². The van der Waals surface area contributed by atoms with E-state index in [0.717, 1.165) is 19.4 Å². The first-order chi connectivity index (χ1) is 9.41. The molecule has 6 nitrogen and oxygen atoms in total. The molecule has 2 unspecified atom stereocenters. The van der Waals surface area contributed by atoms with Crippen molar-refractivity contribution in [3.05, 3.63) is 11.8 Å². The molecule has 1 aliphatic heterocycles. The third-order valence-corrected chi connectivity index (χ3v) is 3.67. The highest BCUT2D eigenvalue weighted by Crippen LogP contribution is 2.33. The molecule has 0 amide bonds. The number of hydrogen-bond acceptors (Lipinski definition) is 5. The second-order valence-corrected chi connectivity index (χ2v) is 6.16. The number of carbonyl (C=O) groups is 1. The summed E-state index contributed by atoms with van der Waals surface area (Å²) in [5.74, 6) is 0.484. The van der Waals surface area contributed by atoms with Gasteiger partial charge in [-0.15, -0.1) is 10.2 Å². The van der Waals surface area contributed by atoms with Gasteiger partial charge >= 0.3 is 5.97 Å². The van der Waals surface area contributed by atoms with Gasteiger partial charge in [-0.3, -0.25) is 4.79 Å². The first-order valence-electron chi connectivity index (χ1n) is 7.07. The number of carboxylic acid groups (broad SMARTS) is 1. The van der Waals surface area contributed by atoms with Crippen molar-refractivity contribution < 1.29 is 19.1 Å². The summed E-state index contributed by atoms with van der Waals surface area (Å²) >= 11 is 0. The van der Waals surface area contributed by atoms with Crippen molar-refractivity contribution in [2.45, 2.75) is 58.5 Å². The molecule has 0 radical (unpaired) electrons. The molecule has 2 atom stereocenters. The average Bonchev–Trinajstić information content (AvgIpc) is 2.93. The molecular formula is C14H22N2O4. The van der Waals surface area contributed by atoms with E-state index in [-0.39, 0.29) is 18.4 Å². The summed E-state index contributed by atoms with van der Waals surface area (Å²) in [5.41, 5.74) is -0.397. The predicted molar refractivity (Wildman–Crippen MR) is 71.4 cm³/mol. The maximum atomic E-state index is 10.8. The lowest BCUT2D eigenvalue weighted by Gasteiger charge is -2.19. The van der Waals surface area contributed by atoms with Gasteiger partial charge in [0.1, 0.15) is 0 Å². The lowest BCUT2D eigenvalue weighted by molar-refractivity contribution is -0.139. The van der Waals surface area contributed by atoms with E-state index >= 15 is 0 Å². The summed E-state index contributed by atoms with van der Waals surface area (Å²) in [4.78, 5) is 10.8. The summed E-state index contributed by atoms with van der Waals surface area (Å²) in [6.07, 6.45) is 2.52. The molecule has 1 aromatic rings. The van der Waals surface area contributed by atoms with Crippen molar-refractivity contribution in [3.63, 3.8) is 0 Å². The molecule has 0 spiro atoms. The number of nitrogens with zero attached hydrogens (tertiary/aromatic N) is 2. The third kappa shape index (κ3) is 3.56. The number of aromatic nitrogens is 2. The molecule has 0 bridgehead atoms. The van der Waals surface area contributed by atoms with Crippen LogP contribution in [0.5, 0.6) is 0 Å². The van der Waals surface area contributed by atoms with E-state index < -0.39 is 11.4 Å². The van der Waals surface area contributed by atoms with Gasteiger partial charge in [0.15, 0.2) is 0 Å². The summed E-state index contributed by atoms with van der Waals surface area (Å²) in [6.45, 7) is 6.58. The highest BCUT2D eigenvalue weighted by molar-refractivity contribution is 5.67. The van der Waals surface area contributed by atoms with Crippen LogP contribution in [0.4, 0.5) is 0 Å². The fourth-order valence-electron chi connectivity index (χ4n) is 2.70. The van der Waals surface area contributed by atoms with Crippen LogP contribution < -0.4 is 0 Å². The molecule has 0 aromatic carbocycles. The van der Waals surface area contributed by atoms with Crippen LogP contribution in [-0.2, 0) is 16.0 Å². The molecular weight excluding hydrogens is 260 g/mol. The van der Waals surface area contributed by atoms with E-state index in [1.165, 1.54) is 0 Å². The van der Waals surface area contributed by atoms with Gasteiger partial charge < -0.3 is 14.3 Å². The van der Waals surface area contributed by atoms with Gasteiger partial charge in [0, 0.05) is 13.0 Å². The maximum absolute atomic E-state index is 10.8. The molecule has 112 valence electrons. The van der Waals surface area contributed by atoms with E-state index in [1.807, 2.05) is 13.8 Å². The van der Waals surface area contributed by atoms with Crippen LogP contribution in [0.25, 0.3) is 0 Å². The number of ether oxygens (including phenoxy) is 1. The van der Waals surface area contributed by atoms with E-state index in [4.69, 9.17) is 14.3 Å². The molecule has 1 aromatic heterocycles.